The third-order valence-corrected chi connectivity index (χ3v) is 4.62. The van der Waals surface area contributed by atoms with Crippen LogP contribution in [0.5, 0.6) is 0 Å². The van der Waals surface area contributed by atoms with Crippen LogP contribution in [0.25, 0.3) is 22.6 Å². The second kappa shape index (κ2) is 8.81. The Morgan fingerprint density at radius 1 is 1.04 bits per heavy atom. The Morgan fingerprint density at radius 3 is 2.48 bits per heavy atom. The van der Waals surface area contributed by atoms with Crippen LogP contribution >= 0.6 is 0 Å². The van der Waals surface area contributed by atoms with E-state index in [1.807, 2.05) is 30.3 Å². The van der Waals surface area contributed by atoms with Gasteiger partial charge in [-0.15, -0.1) is 0 Å². The highest BCUT2D eigenvalue weighted by Crippen LogP contribution is 2.18. The number of hydrogen-bond acceptors (Lipinski definition) is 4. The number of rotatable bonds is 9. The minimum atomic E-state index is -0.302. The summed E-state index contributed by atoms with van der Waals surface area (Å²) in [4.78, 5) is 33.6. The number of ether oxygens (including phenoxy) is 1. The van der Waals surface area contributed by atoms with Crippen molar-refractivity contribution in [2.45, 2.75) is 45.7 Å². The number of unbranched alkanes of at least 4 members (excludes halogenated alkanes) is 2. The molecular weight excluding hydrogens is 344 g/mol. The molecule has 0 saturated carbocycles. The van der Waals surface area contributed by atoms with Crippen LogP contribution in [0.15, 0.2) is 39.9 Å². The molecular formula is C20H26N4O3. The van der Waals surface area contributed by atoms with Crippen molar-refractivity contribution >= 4 is 11.2 Å². The van der Waals surface area contributed by atoms with Gasteiger partial charge in [0.2, 0.25) is 0 Å². The number of nitrogens with one attached hydrogen (secondary N) is 1. The zero-order valence-electron chi connectivity index (χ0n) is 15.9. The fourth-order valence-corrected chi connectivity index (χ4v) is 3.19. The first-order valence-electron chi connectivity index (χ1n) is 9.45. The lowest BCUT2D eigenvalue weighted by molar-refractivity contribution is 0.190. The van der Waals surface area contributed by atoms with Crippen molar-refractivity contribution in [3.05, 3.63) is 51.2 Å². The minimum absolute atomic E-state index is 0.300. The van der Waals surface area contributed by atoms with Gasteiger partial charge in [-0.3, -0.25) is 13.9 Å². The molecule has 2 heterocycles. The van der Waals surface area contributed by atoms with Crippen LogP contribution in [0.2, 0.25) is 0 Å². The van der Waals surface area contributed by atoms with Crippen LogP contribution < -0.4 is 11.2 Å². The van der Waals surface area contributed by atoms with Gasteiger partial charge in [-0.2, -0.15) is 0 Å². The molecule has 0 radical (unpaired) electrons. The zero-order chi connectivity index (χ0) is 19.2. The Balaban J connectivity index is 2.13. The van der Waals surface area contributed by atoms with Crippen molar-refractivity contribution in [3.8, 4) is 11.4 Å². The maximum atomic E-state index is 13.0. The zero-order valence-corrected chi connectivity index (χ0v) is 15.9. The molecule has 3 aromatic rings. The van der Waals surface area contributed by atoms with E-state index in [4.69, 9.17) is 4.74 Å². The Morgan fingerprint density at radius 2 is 1.78 bits per heavy atom. The van der Waals surface area contributed by atoms with Gasteiger partial charge in [-0.25, -0.2) is 9.78 Å². The summed E-state index contributed by atoms with van der Waals surface area (Å²) in [5.74, 6) is 0.592. The third kappa shape index (κ3) is 4.03. The number of aromatic amines is 1. The van der Waals surface area contributed by atoms with Gasteiger partial charge in [-0.05, 0) is 12.8 Å². The Kier molecular flexibility index (Phi) is 6.24. The molecule has 1 N–H and O–H groups in total. The van der Waals surface area contributed by atoms with Crippen LogP contribution in [-0.4, -0.2) is 32.8 Å². The number of benzene rings is 1. The van der Waals surface area contributed by atoms with Gasteiger partial charge >= 0.3 is 5.69 Å². The summed E-state index contributed by atoms with van der Waals surface area (Å²) in [5.41, 5.74) is 1.06. The normalized spacial score (nSPS) is 11.3. The predicted molar refractivity (Wildman–Crippen MR) is 106 cm³/mol. The lowest BCUT2D eigenvalue weighted by Crippen LogP contribution is -2.40. The fraction of sp³-hybridized carbons (Fsp3) is 0.450. The van der Waals surface area contributed by atoms with Crippen molar-refractivity contribution in [1.82, 2.24) is 19.1 Å². The third-order valence-electron chi connectivity index (χ3n) is 4.62. The monoisotopic (exact) mass is 370 g/mol. The van der Waals surface area contributed by atoms with E-state index in [1.54, 1.807) is 11.7 Å². The number of fused-ring (bicyclic) bond motifs is 1. The average molecular weight is 370 g/mol. The molecule has 1 aromatic carbocycles. The van der Waals surface area contributed by atoms with Crippen LogP contribution in [0, 0.1) is 0 Å². The topological polar surface area (TPSA) is 81.9 Å². The maximum absolute atomic E-state index is 13.0. The summed E-state index contributed by atoms with van der Waals surface area (Å²) in [7, 11) is 1.63. The molecule has 0 fully saturated rings. The lowest BCUT2D eigenvalue weighted by atomic mass is 10.2. The molecule has 0 unspecified atom stereocenters. The quantitative estimate of drug-likeness (QED) is 0.587. The summed E-state index contributed by atoms with van der Waals surface area (Å²) >= 11 is 0. The van der Waals surface area contributed by atoms with E-state index < -0.39 is 0 Å². The molecule has 0 aliphatic carbocycles. The van der Waals surface area contributed by atoms with Gasteiger partial charge in [0, 0.05) is 32.4 Å². The van der Waals surface area contributed by atoms with E-state index in [0.717, 1.165) is 24.8 Å². The molecule has 3 rings (SSSR count). The molecule has 7 heteroatoms. The number of imidazole rings is 1. The van der Waals surface area contributed by atoms with Crippen molar-refractivity contribution < 1.29 is 4.74 Å². The van der Waals surface area contributed by atoms with Crippen LogP contribution in [-0.2, 0) is 17.8 Å². The van der Waals surface area contributed by atoms with Gasteiger partial charge in [-0.1, -0.05) is 50.1 Å². The predicted octanol–water partition coefficient (Wildman–Crippen LogP) is 2.78. The van der Waals surface area contributed by atoms with Crippen molar-refractivity contribution in [3.63, 3.8) is 0 Å². The van der Waals surface area contributed by atoms with E-state index in [2.05, 4.69) is 16.9 Å². The smallest absolute Gasteiger partial charge is 0.332 e. The summed E-state index contributed by atoms with van der Waals surface area (Å²) < 4.78 is 8.03. The number of methoxy groups -OCH3 is 1. The highest BCUT2D eigenvalue weighted by Gasteiger charge is 2.17. The van der Waals surface area contributed by atoms with E-state index in [-0.39, 0.29) is 11.2 Å². The molecule has 27 heavy (non-hydrogen) atoms. The van der Waals surface area contributed by atoms with Crippen molar-refractivity contribution in [1.29, 1.82) is 0 Å². The first-order valence-corrected chi connectivity index (χ1v) is 9.45. The van der Waals surface area contributed by atoms with Crippen LogP contribution in [0.3, 0.4) is 0 Å². The SMILES string of the molecule is CCCCCn1c(=O)c2[nH]c(-c3ccccc3)nc2n(CCCOC)c1=O. The number of aryl methyl sites for hydroxylation is 1. The van der Waals surface area contributed by atoms with Crippen molar-refractivity contribution in [2.75, 3.05) is 13.7 Å². The largest absolute Gasteiger partial charge is 0.385 e. The molecule has 7 nitrogen and oxygen atoms in total. The second-order valence-electron chi connectivity index (χ2n) is 6.59. The first kappa shape index (κ1) is 19.1. The number of H-pyrrole nitrogens is 1. The average Bonchev–Trinajstić information content (AvgIpc) is 3.13. The molecule has 0 aliphatic rings. The molecule has 0 aliphatic heterocycles. The molecule has 0 amide bonds. The maximum Gasteiger partial charge on any atom is 0.332 e. The van der Waals surface area contributed by atoms with E-state index in [0.29, 0.717) is 43.1 Å². The van der Waals surface area contributed by atoms with Crippen molar-refractivity contribution in [2.24, 2.45) is 0 Å². The van der Waals surface area contributed by atoms with Gasteiger partial charge in [0.25, 0.3) is 5.56 Å². The molecule has 2 aromatic heterocycles. The summed E-state index contributed by atoms with van der Waals surface area (Å²) in [6.45, 7) is 3.51. The summed E-state index contributed by atoms with van der Waals surface area (Å²) in [5, 5.41) is 0. The van der Waals surface area contributed by atoms with Crippen LogP contribution in [0.4, 0.5) is 0 Å². The summed E-state index contributed by atoms with van der Waals surface area (Å²) in [6.07, 6.45) is 3.48. The van der Waals surface area contributed by atoms with E-state index in [1.165, 1.54) is 4.57 Å². The first-order chi connectivity index (χ1) is 13.2. The molecule has 144 valence electrons. The molecule has 0 atom stereocenters. The van der Waals surface area contributed by atoms with Gasteiger partial charge in [0.15, 0.2) is 5.65 Å². The second-order valence-corrected chi connectivity index (χ2v) is 6.59. The highest BCUT2D eigenvalue weighted by molar-refractivity contribution is 5.75. The number of nitrogens with zero attached hydrogens (tertiary/aromatic N) is 3. The Hall–Kier alpha value is -2.67. The van der Waals surface area contributed by atoms with Gasteiger partial charge in [0.05, 0.1) is 0 Å². The summed E-state index contributed by atoms with van der Waals surface area (Å²) in [6, 6.07) is 9.59. The van der Waals surface area contributed by atoms with E-state index >= 15 is 0 Å². The Labute approximate surface area is 157 Å². The van der Waals surface area contributed by atoms with Gasteiger partial charge < -0.3 is 9.72 Å². The lowest BCUT2D eigenvalue weighted by Gasteiger charge is -2.11. The van der Waals surface area contributed by atoms with Gasteiger partial charge in [0.1, 0.15) is 11.3 Å². The molecule has 0 saturated heterocycles. The van der Waals surface area contributed by atoms with E-state index in [9.17, 15) is 9.59 Å². The molecule has 0 bridgehead atoms. The minimum Gasteiger partial charge on any atom is -0.385 e. The number of aromatic nitrogens is 4. The molecule has 0 spiro atoms. The fourth-order valence-electron chi connectivity index (χ4n) is 3.19. The van der Waals surface area contributed by atoms with Crippen LogP contribution in [0.1, 0.15) is 32.6 Å². The highest BCUT2D eigenvalue weighted by atomic mass is 16.5. The number of hydrogen-bond donors (Lipinski definition) is 1. The standard InChI is InChI=1S/C20H26N4O3/c1-3-4-8-12-24-19(25)16-18(23(20(24)26)13-9-14-27-2)22-17(21-16)15-10-6-5-7-11-15/h5-7,10-11H,3-4,8-9,12-14H2,1-2H3,(H,21,22). The Bertz CT molecular complexity index is 1000.